The van der Waals surface area contributed by atoms with Crippen LogP contribution in [0.5, 0.6) is 0 Å². The van der Waals surface area contributed by atoms with Gasteiger partial charge < -0.3 is 0 Å². The van der Waals surface area contributed by atoms with Gasteiger partial charge in [0.15, 0.2) is 30.7 Å². The van der Waals surface area contributed by atoms with Crippen LogP contribution in [0.15, 0.2) is 0 Å². The molecule has 54 heavy (non-hydrogen) atoms. The average Bonchev–Trinajstić information content (AvgIpc) is 3.11. The molecule has 6 spiro atoms. The Labute approximate surface area is 345 Å². The molecule has 0 aromatic heterocycles. The van der Waals surface area contributed by atoms with Crippen molar-refractivity contribution in [3.63, 3.8) is 0 Å². The van der Waals surface area contributed by atoms with E-state index in [0.29, 0.717) is 89.3 Å². The monoisotopic (exact) mass is 846 g/mol. The lowest BCUT2D eigenvalue weighted by atomic mass is 9.44. The zero-order chi connectivity index (χ0) is 37.1. The molecule has 0 aromatic carbocycles. The number of hydrogen-bond acceptors (Lipinski definition) is 12. The third-order valence-corrected chi connectivity index (χ3v) is 23.8. The minimum Gasteiger partial charge on any atom is -0.287 e. The summed E-state index contributed by atoms with van der Waals surface area (Å²) in [5, 5.41) is 1.45. The van der Waals surface area contributed by atoms with Gasteiger partial charge in [-0.1, -0.05) is 70.6 Å². The summed E-state index contributed by atoms with van der Waals surface area (Å²) in [5.41, 5.74) is -2.57. The maximum atomic E-state index is 14.1. The quantitative estimate of drug-likeness (QED) is 0.232. The van der Waals surface area contributed by atoms with E-state index in [9.17, 15) is 28.8 Å². The van der Waals surface area contributed by atoms with Crippen molar-refractivity contribution < 1.29 is 28.8 Å². The van der Waals surface area contributed by atoms with Gasteiger partial charge in [0.05, 0.1) is 0 Å². The summed E-state index contributed by atoms with van der Waals surface area (Å²) in [5.74, 6) is 6.21. The highest BCUT2D eigenvalue weighted by Gasteiger charge is 2.65. The van der Waals surface area contributed by atoms with E-state index in [1.807, 2.05) is 0 Å². The molecule has 0 atom stereocenters. The lowest BCUT2D eigenvalue weighted by Crippen LogP contribution is -2.56. The molecule has 0 unspecified atom stereocenters. The first-order valence-corrected chi connectivity index (χ1v) is 26.8. The highest BCUT2D eigenvalue weighted by molar-refractivity contribution is 8.18. The van der Waals surface area contributed by atoms with Gasteiger partial charge in [-0.25, -0.2) is 0 Å². The minimum atomic E-state index is -0.428. The summed E-state index contributed by atoms with van der Waals surface area (Å²) >= 11 is 8.44. The van der Waals surface area contributed by atoms with Gasteiger partial charge >= 0.3 is 0 Å². The normalized spacial score (nSPS) is 50.9. The lowest BCUT2D eigenvalue weighted by Gasteiger charge is -2.60. The van der Waals surface area contributed by atoms with Gasteiger partial charge in [0.25, 0.3) is 0 Å². The Morgan fingerprint density at radius 1 is 0.278 bits per heavy atom. The Morgan fingerprint density at radius 2 is 0.426 bits per heavy atom. The second kappa shape index (κ2) is 13.8. The Hall–Kier alpha value is 0.120. The molecule has 0 aromatic rings. The van der Waals surface area contributed by atoms with E-state index in [1.165, 1.54) is 70.6 Å². The molecule has 0 N–H and O–H groups in total. The van der Waals surface area contributed by atoms with Crippen LogP contribution in [0.25, 0.3) is 0 Å². The molecule has 1 aliphatic heterocycles. The van der Waals surface area contributed by atoms with Crippen molar-refractivity contribution in [3.05, 3.63) is 0 Å². The van der Waals surface area contributed by atoms with E-state index in [-0.39, 0.29) is 30.7 Å². The molecule has 6 nitrogen and oxygen atoms in total. The van der Waals surface area contributed by atoms with Crippen LogP contribution in [0.3, 0.4) is 0 Å². The Bertz CT molecular complexity index is 1330. The van der Waals surface area contributed by atoms with Gasteiger partial charge in [-0.3, -0.25) is 28.8 Å². The van der Waals surface area contributed by atoms with E-state index in [2.05, 4.69) is 0 Å². The third-order valence-electron chi connectivity index (χ3n) is 16.4. The standard InChI is InChI=1S/C42H54O6S6/c43-31-37-10-25-7-26(11-37)15-39(14-25,22-37)33(45)51-3-4-53-35(47)41-18-29-9-30(19-41)21-42(20-29,24-41)36(48)54-6-5-52-34(46)40-16-27-8-28(17-40)13-38(12-27,23-40)32(44)50-2-1-49-31/h25-30H,1-24H2. The summed E-state index contributed by atoms with van der Waals surface area (Å²) < 4.78 is 0. The van der Waals surface area contributed by atoms with E-state index >= 15 is 0 Å². The molecule has 12 aliphatic carbocycles. The first-order chi connectivity index (χ1) is 25.9. The first kappa shape index (κ1) is 38.3. The van der Waals surface area contributed by atoms with Crippen LogP contribution in [-0.4, -0.2) is 65.2 Å². The minimum absolute atomic E-state index is 0.242. The van der Waals surface area contributed by atoms with Crippen LogP contribution >= 0.6 is 70.6 Å². The highest BCUT2D eigenvalue weighted by atomic mass is 32.2. The second-order valence-electron chi connectivity index (χ2n) is 20.4. The Morgan fingerprint density at radius 3 is 0.574 bits per heavy atom. The van der Waals surface area contributed by atoms with Crippen molar-refractivity contribution in [1.29, 1.82) is 0 Å². The van der Waals surface area contributed by atoms with Gasteiger partial charge in [0, 0.05) is 67.0 Å². The van der Waals surface area contributed by atoms with Crippen LogP contribution in [-0.2, 0) is 28.8 Å². The molecular formula is C42H54O6S6. The predicted molar refractivity (Wildman–Crippen MR) is 223 cm³/mol. The fourth-order valence-electron chi connectivity index (χ4n) is 15.9. The Balaban J connectivity index is 0.888. The zero-order valence-corrected chi connectivity index (χ0v) is 36.2. The number of carbonyl (C=O) groups is 6. The summed E-state index contributed by atoms with van der Waals surface area (Å²) in [4.78, 5) is 84.7. The smallest absolute Gasteiger partial charge is 0.195 e. The largest absolute Gasteiger partial charge is 0.287 e. The van der Waals surface area contributed by atoms with E-state index < -0.39 is 32.5 Å². The van der Waals surface area contributed by atoms with Gasteiger partial charge in [-0.2, -0.15) is 0 Å². The average molecular weight is 847 g/mol. The second-order valence-corrected chi connectivity index (χ2v) is 26.8. The Kier molecular flexibility index (Phi) is 9.82. The van der Waals surface area contributed by atoms with Crippen LogP contribution in [0.1, 0.15) is 116 Å². The molecule has 0 radical (unpaired) electrons. The van der Waals surface area contributed by atoms with Crippen LogP contribution in [0.4, 0.5) is 0 Å². The van der Waals surface area contributed by atoms with Crippen molar-refractivity contribution in [2.75, 3.05) is 34.5 Å². The highest BCUT2D eigenvalue weighted by Crippen LogP contribution is 2.70. The van der Waals surface area contributed by atoms with Crippen molar-refractivity contribution in [3.8, 4) is 0 Å². The topological polar surface area (TPSA) is 102 Å². The summed E-state index contributed by atoms with van der Waals surface area (Å²) in [7, 11) is 0. The maximum absolute atomic E-state index is 14.1. The number of hydrogen-bond donors (Lipinski definition) is 0. The first-order valence-electron chi connectivity index (χ1n) is 20.9. The van der Waals surface area contributed by atoms with Gasteiger partial charge in [0.1, 0.15) is 0 Å². The lowest BCUT2D eigenvalue weighted by molar-refractivity contribution is -0.154. The number of carbonyl (C=O) groups excluding carboxylic acids is 6. The number of thioether (sulfide) groups is 6. The molecular weight excluding hydrogens is 793 g/mol. The molecule has 12 bridgehead atoms. The summed E-state index contributed by atoms with van der Waals surface area (Å²) in [6.07, 6.45) is 16.2. The molecule has 12 heteroatoms. The molecule has 1 heterocycles. The van der Waals surface area contributed by atoms with Gasteiger partial charge in [-0.15, -0.1) is 0 Å². The van der Waals surface area contributed by atoms with Crippen molar-refractivity contribution >= 4 is 101 Å². The number of rotatable bonds is 0. The van der Waals surface area contributed by atoms with Crippen LogP contribution in [0, 0.1) is 68.0 Å². The molecule has 1 saturated heterocycles. The SMILES string of the molecule is O=C1SCCSC(=O)C23CC4CC(C2)CC(C4)(C3)C(=O)SCCSC(=O)C23CC4CC(CC(C4)(C2)C(=O)SCCSC(=O)C24CC5CC(CC1(C5)C2)C4)C3. The van der Waals surface area contributed by atoms with Crippen molar-refractivity contribution in [2.45, 2.75) is 116 Å². The van der Waals surface area contributed by atoms with Crippen LogP contribution < -0.4 is 0 Å². The van der Waals surface area contributed by atoms with Gasteiger partial charge in [-0.05, 0) is 151 Å². The van der Waals surface area contributed by atoms with Crippen LogP contribution in [0.2, 0.25) is 0 Å². The molecule has 12 saturated carbocycles. The zero-order valence-electron chi connectivity index (χ0n) is 31.3. The maximum Gasteiger partial charge on any atom is 0.195 e. The van der Waals surface area contributed by atoms with Crippen molar-refractivity contribution in [2.24, 2.45) is 68.0 Å². The molecule has 13 fully saturated rings. The summed E-state index contributed by atoms with van der Waals surface area (Å²) in [6.45, 7) is 0. The van der Waals surface area contributed by atoms with E-state index in [0.717, 1.165) is 96.3 Å². The summed E-state index contributed by atoms with van der Waals surface area (Å²) in [6, 6.07) is 0. The molecule has 294 valence electrons. The fraction of sp³-hybridized carbons (Fsp3) is 0.857. The molecule has 0 amide bonds. The van der Waals surface area contributed by atoms with Crippen molar-refractivity contribution in [1.82, 2.24) is 0 Å². The fourth-order valence-corrected chi connectivity index (χ4v) is 22.3. The van der Waals surface area contributed by atoms with E-state index in [1.54, 1.807) is 0 Å². The van der Waals surface area contributed by atoms with E-state index in [4.69, 9.17) is 0 Å². The third kappa shape index (κ3) is 6.29. The molecule has 13 rings (SSSR count). The predicted octanol–water partition coefficient (Wildman–Crippen LogP) is 9.32. The van der Waals surface area contributed by atoms with Gasteiger partial charge in [0.2, 0.25) is 0 Å². The molecule has 13 aliphatic rings.